The summed E-state index contributed by atoms with van der Waals surface area (Å²) in [5.41, 5.74) is 1.04. The van der Waals surface area contributed by atoms with Crippen molar-refractivity contribution >= 4 is 23.6 Å². The SMILES string of the molecule is CCC1(C(=O)Nc2ccc(/C=C/C(=O)O)cc2)CCCN1. The number of carbonyl (C=O) groups excluding carboxylic acids is 1. The highest BCUT2D eigenvalue weighted by Crippen LogP contribution is 2.25. The molecule has 1 saturated heterocycles. The van der Waals surface area contributed by atoms with Crippen LogP contribution in [0.3, 0.4) is 0 Å². The van der Waals surface area contributed by atoms with Crippen molar-refractivity contribution < 1.29 is 14.7 Å². The minimum absolute atomic E-state index is 0.00340. The molecule has 0 saturated carbocycles. The van der Waals surface area contributed by atoms with E-state index in [1.807, 2.05) is 6.92 Å². The second-order valence-electron chi connectivity index (χ2n) is 5.21. The summed E-state index contributed by atoms with van der Waals surface area (Å²) in [5, 5.41) is 14.8. The van der Waals surface area contributed by atoms with Crippen LogP contribution in [-0.4, -0.2) is 29.1 Å². The van der Waals surface area contributed by atoms with Crippen molar-refractivity contribution in [2.24, 2.45) is 0 Å². The summed E-state index contributed by atoms with van der Waals surface area (Å²) in [5.74, 6) is -0.985. The predicted molar refractivity (Wildman–Crippen MR) is 82.0 cm³/mol. The Hall–Kier alpha value is -2.14. The highest BCUT2D eigenvalue weighted by molar-refractivity contribution is 5.98. The van der Waals surface area contributed by atoms with Crippen LogP contribution in [0.15, 0.2) is 30.3 Å². The number of nitrogens with one attached hydrogen (secondary N) is 2. The average molecular weight is 288 g/mol. The molecule has 0 aromatic heterocycles. The fourth-order valence-corrected chi connectivity index (χ4v) is 2.56. The molecule has 1 heterocycles. The Morgan fingerprint density at radius 3 is 2.62 bits per heavy atom. The first-order valence-electron chi connectivity index (χ1n) is 7.13. The number of carboxylic acid groups (broad SMARTS) is 1. The third kappa shape index (κ3) is 3.70. The van der Waals surface area contributed by atoms with Crippen LogP contribution in [0, 0.1) is 0 Å². The molecule has 1 atom stereocenters. The number of hydrogen-bond donors (Lipinski definition) is 3. The molecule has 1 aromatic rings. The van der Waals surface area contributed by atoms with Crippen LogP contribution >= 0.6 is 0 Å². The summed E-state index contributed by atoms with van der Waals surface area (Å²) < 4.78 is 0. The molecular weight excluding hydrogens is 268 g/mol. The van der Waals surface area contributed by atoms with E-state index in [0.717, 1.165) is 37.4 Å². The number of aliphatic carboxylic acids is 1. The first-order chi connectivity index (χ1) is 10.1. The first-order valence-corrected chi connectivity index (χ1v) is 7.13. The highest BCUT2D eigenvalue weighted by atomic mass is 16.4. The monoisotopic (exact) mass is 288 g/mol. The van der Waals surface area contributed by atoms with Crippen LogP contribution in [0.2, 0.25) is 0 Å². The van der Waals surface area contributed by atoms with Gasteiger partial charge in [-0.25, -0.2) is 4.79 Å². The third-order valence-corrected chi connectivity index (χ3v) is 3.87. The molecule has 0 spiro atoms. The lowest BCUT2D eigenvalue weighted by Crippen LogP contribution is -2.50. The number of rotatable bonds is 5. The number of carbonyl (C=O) groups is 2. The van der Waals surface area contributed by atoms with E-state index in [9.17, 15) is 9.59 Å². The number of carboxylic acids is 1. The Morgan fingerprint density at radius 2 is 2.10 bits per heavy atom. The summed E-state index contributed by atoms with van der Waals surface area (Å²) >= 11 is 0. The van der Waals surface area contributed by atoms with Crippen molar-refractivity contribution in [1.29, 1.82) is 0 Å². The van der Waals surface area contributed by atoms with Gasteiger partial charge in [-0.15, -0.1) is 0 Å². The van der Waals surface area contributed by atoms with Gasteiger partial charge in [0.1, 0.15) is 0 Å². The molecule has 1 fully saturated rings. The van der Waals surface area contributed by atoms with Gasteiger partial charge in [0, 0.05) is 11.8 Å². The summed E-state index contributed by atoms with van der Waals surface area (Å²) in [7, 11) is 0. The molecule has 1 aliphatic heterocycles. The zero-order chi connectivity index (χ0) is 15.3. The average Bonchev–Trinajstić information content (AvgIpc) is 2.96. The molecule has 0 bridgehead atoms. The third-order valence-electron chi connectivity index (χ3n) is 3.87. The van der Waals surface area contributed by atoms with Gasteiger partial charge in [-0.1, -0.05) is 19.1 Å². The van der Waals surface area contributed by atoms with E-state index >= 15 is 0 Å². The number of amides is 1. The van der Waals surface area contributed by atoms with Gasteiger partial charge in [0.2, 0.25) is 5.91 Å². The lowest BCUT2D eigenvalue weighted by molar-refractivity contribution is -0.131. The predicted octanol–water partition coefficient (Wildman–Crippen LogP) is 2.26. The molecule has 1 unspecified atom stereocenters. The normalized spacial score (nSPS) is 21.6. The summed E-state index contributed by atoms with van der Waals surface area (Å²) in [6.07, 6.45) is 5.23. The van der Waals surface area contributed by atoms with E-state index in [-0.39, 0.29) is 5.91 Å². The van der Waals surface area contributed by atoms with Gasteiger partial charge in [0.15, 0.2) is 0 Å². The lowest BCUT2D eigenvalue weighted by Gasteiger charge is -2.26. The van der Waals surface area contributed by atoms with Gasteiger partial charge in [0.05, 0.1) is 5.54 Å². The molecule has 0 radical (unpaired) electrons. The Kier molecular flexibility index (Phi) is 4.75. The van der Waals surface area contributed by atoms with Crippen molar-refractivity contribution in [3.63, 3.8) is 0 Å². The highest BCUT2D eigenvalue weighted by Gasteiger charge is 2.38. The molecule has 21 heavy (non-hydrogen) atoms. The molecule has 5 heteroatoms. The first kappa shape index (κ1) is 15.3. The molecule has 112 valence electrons. The fraction of sp³-hybridized carbons (Fsp3) is 0.375. The standard InChI is InChI=1S/C16H20N2O3/c1-2-16(10-3-11-17-16)15(21)18-13-7-4-12(5-8-13)6-9-14(19)20/h4-9,17H,2-3,10-11H2,1H3,(H,18,21)(H,19,20)/b9-6+. The zero-order valence-corrected chi connectivity index (χ0v) is 12.1. The molecule has 1 amide bonds. The van der Waals surface area contributed by atoms with Crippen molar-refractivity contribution in [3.05, 3.63) is 35.9 Å². The van der Waals surface area contributed by atoms with Crippen molar-refractivity contribution in [2.45, 2.75) is 31.7 Å². The number of hydrogen-bond acceptors (Lipinski definition) is 3. The van der Waals surface area contributed by atoms with E-state index in [2.05, 4.69) is 10.6 Å². The van der Waals surface area contributed by atoms with Gasteiger partial charge >= 0.3 is 5.97 Å². The summed E-state index contributed by atoms with van der Waals surface area (Å²) in [6.45, 7) is 2.89. The number of benzene rings is 1. The van der Waals surface area contributed by atoms with E-state index < -0.39 is 11.5 Å². The number of anilines is 1. The Bertz CT molecular complexity index is 543. The molecule has 3 N–H and O–H groups in total. The van der Waals surface area contributed by atoms with E-state index in [1.165, 1.54) is 6.08 Å². The second kappa shape index (κ2) is 6.54. The molecule has 0 aliphatic carbocycles. The van der Waals surface area contributed by atoms with Gasteiger partial charge in [-0.3, -0.25) is 4.79 Å². The van der Waals surface area contributed by atoms with Crippen LogP contribution < -0.4 is 10.6 Å². The maximum atomic E-state index is 12.4. The largest absolute Gasteiger partial charge is 0.478 e. The summed E-state index contributed by atoms with van der Waals surface area (Å²) in [4.78, 5) is 22.9. The molecule has 1 aromatic carbocycles. The van der Waals surface area contributed by atoms with Crippen molar-refractivity contribution in [2.75, 3.05) is 11.9 Å². The Balaban J connectivity index is 2.03. The zero-order valence-electron chi connectivity index (χ0n) is 12.1. The van der Waals surface area contributed by atoms with Crippen molar-refractivity contribution in [3.8, 4) is 0 Å². The van der Waals surface area contributed by atoms with Crippen LogP contribution in [0.25, 0.3) is 6.08 Å². The quantitative estimate of drug-likeness (QED) is 0.726. The van der Waals surface area contributed by atoms with Gasteiger partial charge in [-0.2, -0.15) is 0 Å². The van der Waals surface area contributed by atoms with Crippen LogP contribution in [0.5, 0.6) is 0 Å². The van der Waals surface area contributed by atoms with E-state index in [1.54, 1.807) is 24.3 Å². The molecule has 1 aliphatic rings. The minimum Gasteiger partial charge on any atom is -0.478 e. The van der Waals surface area contributed by atoms with Gasteiger partial charge in [0.25, 0.3) is 0 Å². The summed E-state index contributed by atoms with van der Waals surface area (Å²) in [6, 6.07) is 7.10. The maximum Gasteiger partial charge on any atom is 0.328 e. The molecular formula is C16H20N2O3. The molecule has 2 rings (SSSR count). The van der Waals surface area contributed by atoms with Gasteiger partial charge in [-0.05, 0) is 49.6 Å². The van der Waals surface area contributed by atoms with Crippen LogP contribution in [0.4, 0.5) is 5.69 Å². The van der Waals surface area contributed by atoms with Crippen LogP contribution in [-0.2, 0) is 9.59 Å². The van der Waals surface area contributed by atoms with E-state index in [4.69, 9.17) is 5.11 Å². The van der Waals surface area contributed by atoms with Crippen molar-refractivity contribution in [1.82, 2.24) is 5.32 Å². The Labute approximate surface area is 124 Å². The van der Waals surface area contributed by atoms with E-state index in [0.29, 0.717) is 5.69 Å². The molecule has 5 nitrogen and oxygen atoms in total. The smallest absolute Gasteiger partial charge is 0.328 e. The minimum atomic E-state index is -0.982. The second-order valence-corrected chi connectivity index (χ2v) is 5.21. The fourth-order valence-electron chi connectivity index (χ4n) is 2.56. The van der Waals surface area contributed by atoms with Gasteiger partial charge < -0.3 is 15.7 Å². The van der Waals surface area contributed by atoms with Crippen LogP contribution in [0.1, 0.15) is 31.7 Å². The Morgan fingerprint density at radius 1 is 1.38 bits per heavy atom. The lowest BCUT2D eigenvalue weighted by atomic mass is 9.93. The topological polar surface area (TPSA) is 78.4 Å². The maximum absolute atomic E-state index is 12.4.